The molecule has 0 fully saturated rings. The number of hydrogen-bond acceptors (Lipinski definition) is 5. The molecule has 1 aromatic rings. The Morgan fingerprint density at radius 1 is 1.25 bits per heavy atom. The van der Waals surface area contributed by atoms with Crippen LogP contribution in [0.2, 0.25) is 0 Å². The lowest BCUT2D eigenvalue weighted by Crippen LogP contribution is -2.36. The fourth-order valence-electron chi connectivity index (χ4n) is 1.88. The van der Waals surface area contributed by atoms with E-state index in [0.29, 0.717) is 12.5 Å². The van der Waals surface area contributed by atoms with Crippen molar-refractivity contribution in [3.8, 4) is 0 Å². The van der Waals surface area contributed by atoms with Gasteiger partial charge in [-0.25, -0.2) is 9.97 Å². The zero-order valence-electron chi connectivity index (χ0n) is 13.6. The van der Waals surface area contributed by atoms with Gasteiger partial charge in [-0.2, -0.15) is 0 Å². The van der Waals surface area contributed by atoms with Gasteiger partial charge in [-0.1, -0.05) is 20.8 Å². The Balaban J connectivity index is 2.96. The van der Waals surface area contributed by atoms with E-state index in [1.54, 1.807) is 7.11 Å². The molecule has 0 bridgehead atoms. The first-order valence-electron chi connectivity index (χ1n) is 7.28. The summed E-state index contributed by atoms with van der Waals surface area (Å²) in [4.78, 5) is 9.14. The maximum absolute atomic E-state index is 5.23. The Labute approximate surface area is 122 Å². The summed E-state index contributed by atoms with van der Waals surface area (Å²) in [6.45, 7) is 12.0. The Morgan fingerprint density at radius 3 is 2.45 bits per heavy atom. The van der Waals surface area contributed by atoms with Gasteiger partial charge in [-0.05, 0) is 20.3 Å². The topological polar surface area (TPSA) is 59.1 Å². The molecule has 0 atom stereocenters. The molecule has 114 valence electrons. The van der Waals surface area contributed by atoms with Gasteiger partial charge in [0.2, 0.25) is 0 Å². The molecule has 2 N–H and O–H groups in total. The summed E-state index contributed by atoms with van der Waals surface area (Å²) < 4.78 is 5.23. The van der Waals surface area contributed by atoms with Crippen LogP contribution >= 0.6 is 0 Å². The molecule has 0 aliphatic rings. The fourth-order valence-corrected chi connectivity index (χ4v) is 1.88. The zero-order chi connectivity index (χ0) is 15.2. The molecule has 5 nitrogen and oxygen atoms in total. The second-order valence-electron chi connectivity index (χ2n) is 6.02. The Hall–Kier alpha value is -1.36. The van der Waals surface area contributed by atoms with Gasteiger partial charge in [-0.3, -0.25) is 0 Å². The maximum atomic E-state index is 5.23. The SMILES string of the molecule is CCCNc1cc(NC(C)(C)COC)nc(C(C)C)n1. The summed E-state index contributed by atoms with van der Waals surface area (Å²) in [5, 5.41) is 6.74. The van der Waals surface area contributed by atoms with Crippen molar-refractivity contribution in [2.75, 3.05) is 30.9 Å². The van der Waals surface area contributed by atoms with Gasteiger partial charge in [0, 0.05) is 25.6 Å². The van der Waals surface area contributed by atoms with E-state index in [1.165, 1.54) is 0 Å². The number of anilines is 2. The zero-order valence-corrected chi connectivity index (χ0v) is 13.6. The van der Waals surface area contributed by atoms with E-state index in [-0.39, 0.29) is 5.54 Å². The highest BCUT2D eigenvalue weighted by Crippen LogP contribution is 2.20. The van der Waals surface area contributed by atoms with Crippen molar-refractivity contribution in [2.24, 2.45) is 0 Å². The summed E-state index contributed by atoms with van der Waals surface area (Å²) in [5.41, 5.74) is -0.167. The second-order valence-corrected chi connectivity index (χ2v) is 6.02. The van der Waals surface area contributed by atoms with Crippen LogP contribution in [0.3, 0.4) is 0 Å². The number of hydrogen-bond donors (Lipinski definition) is 2. The predicted octanol–water partition coefficient (Wildman–Crippen LogP) is 3.26. The third-order valence-corrected chi connectivity index (χ3v) is 2.79. The molecule has 0 saturated heterocycles. The molecule has 0 aromatic carbocycles. The lowest BCUT2D eigenvalue weighted by molar-refractivity contribution is 0.158. The molecule has 0 aliphatic heterocycles. The van der Waals surface area contributed by atoms with Crippen LogP contribution in [0.4, 0.5) is 11.6 Å². The van der Waals surface area contributed by atoms with Gasteiger partial charge in [0.05, 0.1) is 12.1 Å². The van der Waals surface area contributed by atoms with Crippen LogP contribution in [0, 0.1) is 0 Å². The first-order chi connectivity index (χ1) is 9.38. The number of aromatic nitrogens is 2. The minimum absolute atomic E-state index is 0.167. The molecule has 1 aromatic heterocycles. The smallest absolute Gasteiger partial charge is 0.135 e. The number of rotatable bonds is 8. The highest BCUT2D eigenvalue weighted by atomic mass is 16.5. The highest BCUT2D eigenvalue weighted by molar-refractivity contribution is 5.49. The van der Waals surface area contributed by atoms with E-state index >= 15 is 0 Å². The molecule has 0 saturated carbocycles. The second kappa shape index (κ2) is 7.43. The summed E-state index contributed by atoms with van der Waals surface area (Å²) in [6, 6.07) is 1.96. The molecular formula is C15H28N4O. The van der Waals surface area contributed by atoms with Crippen molar-refractivity contribution >= 4 is 11.6 Å². The van der Waals surface area contributed by atoms with Gasteiger partial charge < -0.3 is 15.4 Å². The summed E-state index contributed by atoms with van der Waals surface area (Å²) in [6.07, 6.45) is 1.07. The highest BCUT2D eigenvalue weighted by Gasteiger charge is 2.19. The Kier molecular flexibility index (Phi) is 6.20. The maximum Gasteiger partial charge on any atom is 0.135 e. The standard InChI is InChI=1S/C15H28N4O/c1-7-8-16-12-9-13(18-14(17-12)11(2)3)19-15(4,5)10-20-6/h9,11H,7-8,10H2,1-6H3,(H2,16,17,18,19). The van der Waals surface area contributed by atoms with Crippen molar-refractivity contribution in [1.29, 1.82) is 0 Å². The Bertz CT molecular complexity index is 418. The number of nitrogens with one attached hydrogen (secondary N) is 2. The lowest BCUT2D eigenvalue weighted by Gasteiger charge is -2.26. The van der Waals surface area contributed by atoms with Crippen molar-refractivity contribution in [2.45, 2.75) is 52.5 Å². The quantitative estimate of drug-likeness (QED) is 0.765. The minimum atomic E-state index is -0.167. The predicted molar refractivity (Wildman–Crippen MR) is 84.5 cm³/mol. The van der Waals surface area contributed by atoms with Gasteiger partial charge in [-0.15, -0.1) is 0 Å². The van der Waals surface area contributed by atoms with Gasteiger partial charge >= 0.3 is 0 Å². The van der Waals surface area contributed by atoms with E-state index in [4.69, 9.17) is 4.74 Å². The Morgan fingerprint density at radius 2 is 1.90 bits per heavy atom. The van der Waals surface area contributed by atoms with Crippen molar-refractivity contribution in [3.05, 3.63) is 11.9 Å². The van der Waals surface area contributed by atoms with Crippen molar-refractivity contribution in [3.63, 3.8) is 0 Å². The van der Waals surface area contributed by atoms with Crippen LogP contribution in [0.15, 0.2) is 6.07 Å². The van der Waals surface area contributed by atoms with Gasteiger partial charge in [0.15, 0.2) is 0 Å². The summed E-state index contributed by atoms with van der Waals surface area (Å²) in [7, 11) is 1.71. The molecule has 0 spiro atoms. The largest absolute Gasteiger partial charge is 0.382 e. The lowest BCUT2D eigenvalue weighted by atomic mass is 10.1. The van der Waals surface area contributed by atoms with Crippen LogP contribution in [0.1, 0.15) is 52.8 Å². The fraction of sp³-hybridized carbons (Fsp3) is 0.733. The van der Waals surface area contributed by atoms with Crippen LogP contribution < -0.4 is 10.6 Å². The van der Waals surface area contributed by atoms with Crippen LogP contribution in [0.25, 0.3) is 0 Å². The van der Waals surface area contributed by atoms with E-state index in [0.717, 1.165) is 30.4 Å². The number of methoxy groups -OCH3 is 1. The van der Waals surface area contributed by atoms with E-state index < -0.39 is 0 Å². The third-order valence-electron chi connectivity index (χ3n) is 2.79. The minimum Gasteiger partial charge on any atom is -0.382 e. The molecule has 5 heteroatoms. The van der Waals surface area contributed by atoms with Gasteiger partial charge in [0.25, 0.3) is 0 Å². The molecular weight excluding hydrogens is 252 g/mol. The monoisotopic (exact) mass is 280 g/mol. The van der Waals surface area contributed by atoms with E-state index in [1.807, 2.05) is 6.07 Å². The van der Waals surface area contributed by atoms with Crippen molar-refractivity contribution < 1.29 is 4.74 Å². The van der Waals surface area contributed by atoms with Crippen molar-refractivity contribution in [1.82, 2.24) is 9.97 Å². The molecule has 0 unspecified atom stereocenters. The third kappa shape index (κ3) is 5.33. The molecule has 1 rings (SSSR count). The average Bonchev–Trinajstić information content (AvgIpc) is 2.35. The first-order valence-corrected chi connectivity index (χ1v) is 7.28. The number of nitrogens with zero attached hydrogens (tertiary/aromatic N) is 2. The summed E-state index contributed by atoms with van der Waals surface area (Å²) >= 11 is 0. The van der Waals surface area contributed by atoms with E-state index in [9.17, 15) is 0 Å². The summed E-state index contributed by atoms with van der Waals surface area (Å²) in [5.74, 6) is 2.86. The first kappa shape index (κ1) is 16.7. The van der Waals surface area contributed by atoms with Crippen LogP contribution in [-0.2, 0) is 4.74 Å². The number of ether oxygens (including phenoxy) is 1. The molecule has 0 radical (unpaired) electrons. The van der Waals surface area contributed by atoms with Crippen LogP contribution in [-0.4, -0.2) is 35.8 Å². The molecule has 20 heavy (non-hydrogen) atoms. The van der Waals surface area contributed by atoms with Gasteiger partial charge in [0.1, 0.15) is 17.5 Å². The van der Waals surface area contributed by atoms with Crippen LogP contribution in [0.5, 0.6) is 0 Å². The normalized spacial score (nSPS) is 11.8. The van der Waals surface area contributed by atoms with E-state index in [2.05, 4.69) is 55.2 Å². The average molecular weight is 280 g/mol. The molecule has 0 aliphatic carbocycles. The molecule has 1 heterocycles. The molecule has 0 amide bonds.